The normalized spacial score (nSPS) is 16.4. The third-order valence-corrected chi connectivity index (χ3v) is 4.49. The van der Waals surface area contributed by atoms with Crippen LogP contribution in [0.1, 0.15) is 53.5 Å². The van der Waals surface area contributed by atoms with Crippen molar-refractivity contribution in [1.82, 2.24) is 25.6 Å². The maximum absolute atomic E-state index is 12.8. The van der Waals surface area contributed by atoms with Crippen LogP contribution in [0.25, 0.3) is 0 Å². The molecule has 1 unspecified atom stereocenters. The van der Waals surface area contributed by atoms with Gasteiger partial charge in [-0.15, -0.1) is 17.5 Å². The number of rotatable bonds is 4. The van der Waals surface area contributed by atoms with E-state index in [4.69, 9.17) is 0 Å². The number of nitrogens with zero attached hydrogens (tertiary/aromatic N) is 3. The monoisotopic (exact) mass is 403 g/mol. The van der Waals surface area contributed by atoms with Gasteiger partial charge in [0.2, 0.25) is 0 Å². The number of piperidine rings is 1. The summed E-state index contributed by atoms with van der Waals surface area (Å²) in [6.07, 6.45) is -1.02. The van der Waals surface area contributed by atoms with Crippen LogP contribution in [0.2, 0.25) is 0 Å². The summed E-state index contributed by atoms with van der Waals surface area (Å²) in [6, 6.07) is 4.53. The molecule has 0 radical (unpaired) electrons. The lowest BCUT2D eigenvalue weighted by Gasteiger charge is -2.22. The lowest BCUT2D eigenvalue weighted by atomic mass is 10.0. The van der Waals surface area contributed by atoms with Crippen molar-refractivity contribution >= 4 is 18.3 Å². The Hall–Kier alpha value is -2.13. The summed E-state index contributed by atoms with van der Waals surface area (Å²) in [7, 11) is 0. The van der Waals surface area contributed by atoms with Crippen LogP contribution < -0.4 is 10.6 Å². The van der Waals surface area contributed by atoms with Crippen molar-refractivity contribution < 1.29 is 18.0 Å². The van der Waals surface area contributed by atoms with Crippen LogP contribution in [0.5, 0.6) is 0 Å². The summed E-state index contributed by atoms with van der Waals surface area (Å²) in [5.41, 5.74) is -0.214. The highest BCUT2D eigenvalue weighted by molar-refractivity contribution is 5.92. The molecule has 6 nitrogen and oxygen atoms in total. The second-order valence-electron chi connectivity index (χ2n) is 6.38. The summed E-state index contributed by atoms with van der Waals surface area (Å²) in [5.74, 6) is -0.463. The summed E-state index contributed by atoms with van der Waals surface area (Å²) in [4.78, 5) is 12.3. The number of carbonyl (C=O) groups is 1. The van der Waals surface area contributed by atoms with Crippen LogP contribution in [0.15, 0.2) is 30.5 Å². The van der Waals surface area contributed by atoms with E-state index < -0.39 is 23.7 Å². The highest BCUT2D eigenvalue weighted by atomic mass is 35.5. The van der Waals surface area contributed by atoms with Crippen LogP contribution in [0, 0.1) is 0 Å². The molecule has 3 rings (SSSR count). The Labute approximate surface area is 160 Å². The molecule has 1 aliphatic rings. The average molecular weight is 404 g/mol. The molecule has 0 aliphatic carbocycles. The van der Waals surface area contributed by atoms with Crippen molar-refractivity contribution in [3.05, 3.63) is 47.3 Å². The summed E-state index contributed by atoms with van der Waals surface area (Å²) in [6.45, 7) is 3.40. The van der Waals surface area contributed by atoms with Crippen molar-refractivity contribution in [2.75, 3.05) is 13.1 Å². The minimum Gasteiger partial charge on any atom is -0.344 e. The molecule has 1 atom stereocenters. The van der Waals surface area contributed by atoms with E-state index >= 15 is 0 Å². The first-order chi connectivity index (χ1) is 12.3. The highest BCUT2D eigenvalue weighted by Crippen LogP contribution is 2.30. The average Bonchev–Trinajstić information content (AvgIpc) is 3.12. The van der Waals surface area contributed by atoms with Gasteiger partial charge in [0.15, 0.2) is 5.69 Å². The van der Waals surface area contributed by atoms with Gasteiger partial charge in [-0.3, -0.25) is 4.79 Å². The number of nitrogens with one attached hydrogen (secondary N) is 2. The van der Waals surface area contributed by atoms with Gasteiger partial charge in [-0.2, -0.15) is 13.2 Å². The van der Waals surface area contributed by atoms with Gasteiger partial charge < -0.3 is 10.6 Å². The Morgan fingerprint density at radius 1 is 1.33 bits per heavy atom. The largest absolute Gasteiger partial charge is 0.416 e. The first-order valence-electron chi connectivity index (χ1n) is 8.45. The molecule has 1 aromatic heterocycles. The number of halogens is 4. The van der Waals surface area contributed by atoms with Gasteiger partial charge in [0.25, 0.3) is 5.91 Å². The molecule has 1 amide bonds. The number of aromatic nitrogens is 3. The van der Waals surface area contributed by atoms with Gasteiger partial charge in [0.05, 0.1) is 23.8 Å². The fourth-order valence-corrected chi connectivity index (χ4v) is 2.97. The molecule has 1 saturated heterocycles. The second kappa shape index (κ2) is 8.71. The van der Waals surface area contributed by atoms with Crippen LogP contribution in [-0.2, 0) is 6.18 Å². The van der Waals surface area contributed by atoms with Gasteiger partial charge in [-0.05, 0) is 50.6 Å². The molecule has 0 bridgehead atoms. The predicted octanol–water partition coefficient (Wildman–Crippen LogP) is 3.13. The molecule has 0 saturated carbocycles. The second-order valence-corrected chi connectivity index (χ2v) is 6.38. The van der Waals surface area contributed by atoms with Crippen LogP contribution >= 0.6 is 12.4 Å². The van der Waals surface area contributed by atoms with Gasteiger partial charge >= 0.3 is 6.18 Å². The number of alkyl halides is 3. The smallest absolute Gasteiger partial charge is 0.344 e. The minimum absolute atomic E-state index is 0. The molecule has 1 aromatic carbocycles. The summed E-state index contributed by atoms with van der Waals surface area (Å²) < 4.78 is 40.2. The Bertz CT molecular complexity index is 774. The zero-order valence-electron chi connectivity index (χ0n) is 14.7. The Morgan fingerprint density at radius 2 is 2.04 bits per heavy atom. The molecule has 2 N–H and O–H groups in total. The number of amides is 1. The Balaban J connectivity index is 0.00000261. The summed E-state index contributed by atoms with van der Waals surface area (Å²) in [5, 5.41) is 13.8. The van der Waals surface area contributed by atoms with E-state index in [1.807, 2.05) is 0 Å². The fourth-order valence-electron chi connectivity index (χ4n) is 2.97. The van der Waals surface area contributed by atoms with E-state index in [0.717, 1.165) is 38.1 Å². The molecule has 148 valence electrons. The van der Waals surface area contributed by atoms with Crippen molar-refractivity contribution in [1.29, 1.82) is 0 Å². The van der Waals surface area contributed by atoms with Crippen molar-refractivity contribution in [3.63, 3.8) is 0 Å². The van der Waals surface area contributed by atoms with Crippen LogP contribution in [0.3, 0.4) is 0 Å². The van der Waals surface area contributed by atoms with E-state index in [1.165, 1.54) is 6.07 Å². The third-order valence-electron chi connectivity index (χ3n) is 4.49. The van der Waals surface area contributed by atoms with Gasteiger partial charge in [-0.25, -0.2) is 4.68 Å². The highest BCUT2D eigenvalue weighted by Gasteiger charge is 2.31. The number of benzene rings is 1. The maximum atomic E-state index is 12.8. The SMILES string of the molecule is CC(NC(=O)c1cn(C2CCNCC2)nn1)c1cccc(C(F)(F)F)c1.Cl. The molecular formula is C17H21ClF3N5O. The van der Waals surface area contributed by atoms with Gasteiger partial charge in [-0.1, -0.05) is 17.3 Å². The Morgan fingerprint density at radius 3 is 2.70 bits per heavy atom. The first kappa shape index (κ1) is 21.2. The molecule has 1 aliphatic heterocycles. The third kappa shape index (κ3) is 5.20. The molecule has 27 heavy (non-hydrogen) atoms. The number of hydrogen-bond acceptors (Lipinski definition) is 4. The van der Waals surface area contributed by atoms with E-state index in [9.17, 15) is 18.0 Å². The topological polar surface area (TPSA) is 71.8 Å². The standard InChI is InChI=1S/C17H20F3N5O.ClH/c1-11(12-3-2-4-13(9-12)17(18,19)20)22-16(26)15-10-25(24-23-15)14-5-7-21-8-6-14;/h2-4,9-11,14,21H,5-8H2,1H3,(H,22,26);1H. The van der Waals surface area contributed by atoms with E-state index in [1.54, 1.807) is 23.9 Å². The number of hydrogen-bond donors (Lipinski definition) is 2. The predicted molar refractivity (Wildman–Crippen MR) is 95.7 cm³/mol. The molecule has 1 fully saturated rings. The first-order valence-corrected chi connectivity index (χ1v) is 8.45. The van der Waals surface area contributed by atoms with Crippen molar-refractivity contribution in [2.24, 2.45) is 0 Å². The van der Waals surface area contributed by atoms with Crippen molar-refractivity contribution in [3.8, 4) is 0 Å². The molecule has 2 aromatic rings. The molecule has 0 spiro atoms. The maximum Gasteiger partial charge on any atom is 0.416 e. The molecule has 2 heterocycles. The van der Waals surface area contributed by atoms with E-state index in [0.29, 0.717) is 5.56 Å². The zero-order valence-corrected chi connectivity index (χ0v) is 15.5. The minimum atomic E-state index is -4.42. The lowest BCUT2D eigenvalue weighted by Crippen LogP contribution is -2.29. The lowest BCUT2D eigenvalue weighted by molar-refractivity contribution is -0.137. The Kier molecular flexibility index (Phi) is 6.83. The van der Waals surface area contributed by atoms with Gasteiger partial charge in [0.1, 0.15) is 0 Å². The van der Waals surface area contributed by atoms with Crippen LogP contribution in [0.4, 0.5) is 13.2 Å². The van der Waals surface area contributed by atoms with Crippen LogP contribution in [-0.4, -0.2) is 34.0 Å². The van der Waals surface area contributed by atoms with E-state index in [2.05, 4.69) is 20.9 Å². The fraction of sp³-hybridized carbons (Fsp3) is 0.471. The van der Waals surface area contributed by atoms with Gasteiger partial charge in [0, 0.05) is 0 Å². The van der Waals surface area contributed by atoms with E-state index in [-0.39, 0.29) is 24.1 Å². The number of carbonyl (C=O) groups excluding carboxylic acids is 1. The molecule has 10 heteroatoms. The summed E-state index contributed by atoms with van der Waals surface area (Å²) >= 11 is 0. The zero-order chi connectivity index (χ0) is 18.7. The molecular weight excluding hydrogens is 383 g/mol. The quantitative estimate of drug-likeness (QED) is 0.822. The van der Waals surface area contributed by atoms with Crippen molar-refractivity contribution in [2.45, 2.75) is 38.0 Å².